The first kappa shape index (κ1) is 25.5. The molecule has 1 aliphatic carbocycles. The molecule has 184 valence electrons. The molecule has 11 nitrogen and oxygen atoms in total. The van der Waals surface area contributed by atoms with Crippen LogP contribution in [0.15, 0.2) is 11.1 Å². The van der Waals surface area contributed by atoms with Gasteiger partial charge in [-0.15, -0.1) is 0 Å². The third-order valence-corrected chi connectivity index (χ3v) is 6.43. The maximum atomic E-state index is 12.9. The van der Waals surface area contributed by atoms with Gasteiger partial charge in [-0.2, -0.15) is 0 Å². The molecule has 2 aliphatic heterocycles. The molecule has 3 aliphatic rings. The van der Waals surface area contributed by atoms with Crippen molar-refractivity contribution in [2.45, 2.75) is 95.3 Å². The minimum Gasteiger partial charge on any atom is -0.429 e. The highest BCUT2D eigenvalue weighted by Crippen LogP contribution is 2.41. The molecule has 2 fully saturated rings. The Hall–Kier alpha value is -1.15. The molecule has 32 heavy (non-hydrogen) atoms. The molecule has 9 atom stereocenters. The highest BCUT2D eigenvalue weighted by atomic mass is 16.7. The number of rotatable bonds is 5. The van der Waals surface area contributed by atoms with Gasteiger partial charge in [0, 0.05) is 5.57 Å². The summed E-state index contributed by atoms with van der Waals surface area (Å²) in [5.74, 6) is -0.664. The van der Waals surface area contributed by atoms with Crippen molar-refractivity contribution in [2.24, 2.45) is 5.41 Å². The van der Waals surface area contributed by atoms with E-state index in [9.17, 15) is 35.4 Å². The van der Waals surface area contributed by atoms with Gasteiger partial charge >= 0.3 is 5.97 Å². The first-order chi connectivity index (χ1) is 14.9. The molecular weight excluding hydrogens is 428 g/mol. The van der Waals surface area contributed by atoms with Crippen LogP contribution in [0.3, 0.4) is 0 Å². The van der Waals surface area contributed by atoms with Crippen molar-refractivity contribution in [3.05, 3.63) is 11.1 Å². The second kappa shape index (κ2) is 10.00. The van der Waals surface area contributed by atoms with Crippen molar-refractivity contribution in [1.82, 2.24) is 0 Å². The van der Waals surface area contributed by atoms with Crippen molar-refractivity contribution in [3.63, 3.8) is 0 Å². The van der Waals surface area contributed by atoms with Crippen LogP contribution in [-0.4, -0.2) is 105 Å². The zero-order valence-corrected chi connectivity index (χ0v) is 18.5. The van der Waals surface area contributed by atoms with Gasteiger partial charge in [0.25, 0.3) is 0 Å². The largest absolute Gasteiger partial charge is 0.429 e. The van der Waals surface area contributed by atoms with Crippen LogP contribution in [0.4, 0.5) is 0 Å². The highest BCUT2D eigenvalue weighted by molar-refractivity contribution is 5.91. The van der Waals surface area contributed by atoms with E-state index in [-0.39, 0.29) is 6.61 Å². The van der Waals surface area contributed by atoms with E-state index in [2.05, 4.69) is 0 Å². The van der Waals surface area contributed by atoms with Crippen LogP contribution in [0.2, 0.25) is 0 Å². The van der Waals surface area contributed by atoms with E-state index in [0.29, 0.717) is 5.57 Å². The molecule has 3 rings (SSSR count). The molecule has 0 bridgehead atoms. The molecule has 0 radical (unpaired) electrons. The normalized spacial score (nSPS) is 42.6. The van der Waals surface area contributed by atoms with Gasteiger partial charge in [-0.25, -0.2) is 4.79 Å². The molecular formula is C21H34O11. The van der Waals surface area contributed by atoms with Crippen LogP contribution in [-0.2, 0) is 23.7 Å². The molecule has 2 saturated heterocycles. The van der Waals surface area contributed by atoms with Gasteiger partial charge in [-0.1, -0.05) is 19.4 Å². The van der Waals surface area contributed by atoms with Crippen LogP contribution in [0, 0.1) is 5.41 Å². The number of carbonyl (C=O) groups excluding carboxylic acids is 1. The van der Waals surface area contributed by atoms with E-state index < -0.39 is 73.3 Å². The smallest absolute Gasteiger partial charge is 0.336 e. The number of ether oxygens (including phenoxy) is 4. The summed E-state index contributed by atoms with van der Waals surface area (Å²) < 4.78 is 21.4. The Balaban J connectivity index is 1.66. The Morgan fingerprint density at radius 1 is 1.00 bits per heavy atom. The Labute approximate surface area is 186 Å². The van der Waals surface area contributed by atoms with Crippen molar-refractivity contribution >= 4 is 5.97 Å². The lowest BCUT2D eigenvalue weighted by Crippen LogP contribution is -2.60. The lowest BCUT2D eigenvalue weighted by molar-refractivity contribution is -0.314. The molecule has 2 heterocycles. The molecule has 0 amide bonds. The van der Waals surface area contributed by atoms with Gasteiger partial charge in [-0.3, -0.25) is 0 Å². The zero-order valence-electron chi connectivity index (χ0n) is 18.5. The van der Waals surface area contributed by atoms with Crippen LogP contribution >= 0.6 is 0 Å². The lowest BCUT2D eigenvalue weighted by atomic mass is 9.73. The summed E-state index contributed by atoms with van der Waals surface area (Å²) in [6.07, 6.45) is -10.9. The van der Waals surface area contributed by atoms with Gasteiger partial charge in [0.1, 0.15) is 42.7 Å². The number of hydrogen-bond acceptors (Lipinski definition) is 11. The van der Waals surface area contributed by atoms with Gasteiger partial charge in [0.15, 0.2) is 6.29 Å². The topological polar surface area (TPSA) is 175 Å². The van der Waals surface area contributed by atoms with Crippen LogP contribution in [0.5, 0.6) is 0 Å². The number of aliphatic hydroxyl groups excluding tert-OH is 6. The third kappa shape index (κ3) is 5.16. The van der Waals surface area contributed by atoms with Crippen molar-refractivity contribution in [1.29, 1.82) is 0 Å². The van der Waals surface area contributed by atoms with Crippen molar-refractivity contribution < 1.29 is 54.4 Å². The van der Waals surface area contributed by atoms with Crippen LogP contribution in [0.25, 0.3) is 0 Å². The van der Waals surface area contributed by atoms with Gasteiger partial charge in [0.05, 0.1) is 13.2 Å². The molecule has 6 N–H and O–H groups in total. The predicted octanol–water partition coefficient (Wildman–Crippen LogP) is -1.68. The summed E-state index contributed by atoms with van der Waals surface area (Å²) >= 11 is 0. The predicted molar refractivity (Wildman–Crippen MR) is 107 cm³/mol. The summed E-state index contributed by atoms with van der Waals surface area (Å²) in [7, 11) is 0. The Morgan fingerprint density at radius 3 is 2.31 bits per heavy atom. The van der Waals surface area contributed by atoms with E-state index in [1.807, 2.05) is 20.8 Å². The fourth-order valence-corrected chi connectivity index (χ4v) is 4.51. The molecule has 0 spiro atoms. The Morgan fingerprint density at radius 2 is 1.66 bits per heavy atom. The van der Waals surface area contributed by atoms with Gasteiger partial charge in [0.2, 0.25) is 6.29 Å². The molecule has 0 aromatic heterocycles. The molecule has 11 heteroatoms. The number of carbonyl (C=O) groups is 1. The van der Waals surface area contributed by atoms with Gasteiger partial charge in [-0.05, 0) is 31.6 Å². The second-order valence-electron chi connectivity index (χ2n) is 9.40. The van der Waals surface area contributed by atoms with Crippen molar-refractivity contribution in [2.75, 3.05) is 13.2 Å². The number of aliphatic hydroxyl groups is 6. The van der Waals surface area contributed by atoms with E-state index >= 15 is 0 Å². The van der Waals surface area contributed by atoms with E-state index in [1.165, 1.54) is 0 Å². The Kier molecular flexibility index (Phi) is 7.96. The van der Waals surface area contributed by atoms with Crippen molar-refractivity contribution in [3.8, 4) is 0 Å². The van der Waals surface area contributed by atoms with E-state index in [1.54, 1.807) is 0 Å². The zero-order chi connectivity index (χ0) is 23.8. The summed E-state index contributed by atoms with van der Waals surface area (Å²) in [6, 6.07) is 0. The Bertz CT molecular complexity index is 708. The maximum Gasteiger partial charge on any atom is 0.336 e. The number of esters is 1. The first-order valence-corrected chi connectivity index (χ1v) is 10.8. The van der Waals surface area contributed by atoms with Crippen LogP contribution < -0.4 is 0 Å². The maximum absolute atomic E-state index is 12.9. The van der Waals surface area contributed by atoms with Gasteiger partial charge < -0.3 is 49.6 Å². The number of hydrogen-bond donors (Lipinski definition) is 6. The average Bonchev–Trinajstić information content (AvgIpc) is 2.72. The summed E-state index contributed by atoms with van der Waals surface area (Å²) in [5, 5.41) is 60.0. The van der Waals surface area contributed by atoms with E-state index in [4.69, 9.17) is 18.9 Å². The second-order valence-corrected chi connectivity index (χ2v) is 9.40. The minimum atomic E-state index is -1.69. The summed E-state index contributed by atoms with van der Waals surface area (Å²) in [5.41, 5.74) is 0.972. The average molecular weight is 462 g/mol. The third-order valence-electron chi connectivity index (χ3n) is 6.43. The SMILES string of the molecule is CC1=C(C(=O)O[C@@H]2O[C@H](CO[C@@H]3OC[C@@H](O)[C@H](O)[C@H]3O)[C@@H](O)[C@H](O)[C@H]2O)C(C)(C)CCC1. The lowest BCUT2D eigenvalue weighted by Gasteiger charge is -2.41. The monoisotopic (exact) mass is 462 g/mol. The molecule has 0 aromatic carbocycles. The molecule has 0 aromatic rings. The fourth-order valence-electron chi connectivity index (χ4n) is 4.51. The summed E-state index contributed by atoms with van der Waals surface area (Å²) in [4.78, 5) is 12.9. The highest BCUT2D eigenvalue weighted by Gasteiger charge is 2.47. The molecule has 0 saturated carbocycles. The first-order valence-electron chi connectivity index (χ1n) is 10.8. The van der Waals surface area contributed by atoms with Crippen LogP contribution in [0.1, 0.15) is 40.0 Å². The quantitative estimate of drug-likeness (QED) is 0.257. The standard InChI is InChI=1S/C21H34O11/c1-9-5-4-6-21(2,3)12(9)18(28)32-20-17(27)15(25)14(24)11(31-20)8-30-19-16(26)13(23)10(22)7-29-19/h10-11,13-17,19-20,22-27H,4-8H2,1-3H3/t10-,11-,13+,14-,15+,16-,17-,19+,20+/m1/s1. The fraction of sp³-hybridized carbons (Fsp3) is 0.857. The minimum absolute atomic E-state index is 0.275. The number of allylic oxidation sites excluding steroid dienone is 1. The molecule has 0 unspecified atom stereocenters. The van der Waals surface area contributed by atoms with E-state index in [0.717, 1.165) is 24.8 Å². The summed E-state index contributed by atoms with van der Waals surface area (Å²) in [6.45, 7) is 5.02.